The van der Waals surface area contributed by atoms with Crippen LogP contribution in [0.3, 0.4) is 0 Å². The molecule has 0 N–H and O–H groups in total. The van der Waals surface area contributed by atoms with Crippen LogP contribution in [-0.4, -0.2) is 56.7 Å². The van der Waals surface area contributed by atoms with E-state index in [1.165, 1.54) is 0 Å². The topological polar surface area (TPSA) is 67.2 Å². The minimum absolute atomic E-state index is 0.164. The Bertz CT molecular complexity index is 716. The van der Waals surface area contributed by atoms with Gasteiger partial charge in [0.15, 0.2) is 0 Å². The Morgan fingerprint density at radius 3 is 2.58 bits per heavy atom. The van der Waals surface area contributed by atoms with Crippen molar-refractivity contribution < 1.29 is 4.79 Å². The summed E-state index contributed by atoms with van der Waals surface area (Å²) in [7, 11) is 0. The Morgan fingerprint density at radius 1 is 1.21 bits per heavy atom. The van der Waals surface area contributed by atoms with Crippen LogP contribution in [0, 0.1) is 18.8 Å². The first-order valence-corrected chi connectivity index (χ1v) is 8.43. The molecule has 2 aromatic heterocycles. The number of amides is 1. The molecule has 3 atom stereocenters. The van der Waals surface area contributed by atoms with Crippen LogP contribution in [0.2, 0.25) is 0 Å². The summed E-state index contributed by atoms with van der Waals surface area (Å²) < 4.78 is 1.73. The molecule has 126 valence electrons. The second-order valence-corrected chi connectivity index (χ2v) is 6.85. The highest BCUT2D eigenvalue weighted by Crippen LogP contribution is 2.34. The van der Waals surface area contributed by atoms with Crippen molar-refractivity contribution in [2.24, 2.45) is 11.8 Å². The maximum absolute atomic E-state index is 12.7. The third kappa shape index (κ3) is 2.64. The summed E-state index contributed by atoms with van der Waals surface area (Å²) in [6.07, 6.45) is 5.18. The minimum atomic E-state index is -0.237. The summed E-state index contributed by atoms with van der Waals surface area (Å²) in [4.78, 5) is 25.6. The van der Waals surface area contributed by atoms with Crippen LogP contribution in [-0.2, 0) is 4.79 Å². The molecule has 3 unspecified atom stereocenters. The van der Waals surface area contributed by atoms with Gasteiger partial charge in [0.05, 0.1) is 0 Å². The number of carbonyl (C=O) groups is 1. The van der Waals surface area contributed by atoms with E-state index in [2.05, 4.69) is 20.0 Å². The van der Waals surface area contributed by atoms with E-state index in [0.717, 1.165) is 37.7 Å². The van der Waals surface area contributed by atoms with Crippen LogP contribution in [0.4, 0.5) is 5.82 Å². The molecule has 2 saturated heterocycles. The second-order valence-electron chi connectivity index (χ2n) is 6.85. The first-order chi connectivity index (χ1) is 11.6. The van der Waals surface area contributed by atoms with Gasteiger partial charge in [0.1, 0.15) is 18.2 Å². The van der Waals surface area contributed by atoms with Crippen LogP contribution >= 0.6 is 0 Å². The number of rotatable bonds is 3. The summed E-state index contributed by atoms with van der Waals surface area (Å²) in [5, 5.41) is 4.19. The smallest absolute Gasteiger partial charge is 0.247 e. The average Bonchev–Trinajstić information content (AvgIpc) is 3.28. The number of hydrogen-bond donors (Lipinski definition) is 0. The van der Waals surface area contributed by atoms with E-state index in [9.17, 15) is 4.79 Å². The quantitative estimate of drug-likeness (QED) is 0.846. The fourth-order valence-corrected chi connectivity index (χ4v) is 3.86. The number of hydrogen-bond acceptors (Lipinski definition) is 5. The van der Waals surface area contributed by atoms with Crippen molar-refractivity contribution in [3.8, 4) is 0 Å². The van der Waals surface area contributed by atoms with Gasteiger partial charge in [0.25, 0.3) is 0 Å². The highest BCUT2D eigenvalue weighted by atomic mass is 16.2. The van der Waals surface area contributed by atoms with Gasteiger partial charge in [0.2, 0.25) is 5.91 Å². The minimum Gasteiger partial charge on any atom is -0.356 e. The van der Waals surface area contributed by atoms with E-state index >= 15 is 0 Å². The lowest BCUT2D eigenvalue weighted by Crippen LogP contribution is -2.37. The van der Waals surface area contributed by atoms with Gasteiger partial charge in [-0.3, -0.25) is 9.48 Å². The Hall–Kier alpha value is -2.44. The molecule has 0 radical (unpaired) electrons. The van der Waals surface area contributed by atoms with E-state index in [1.54, 1.807) is 17.2 Å². The lowest BCUT2D eigenvalue weighted by molar-refractivity contribution is -0.133. The van der Waals surface area contributed by atoms with E-state index in [0.29, 0.717) is 11.8 Å². The summed E-state index contributed by atoms with van der Waals surface area (Å²) in [5.41, 5.74) is 0.988. The van der Waals surface area contributed by atoms with Gasteiger partial charge in [-0.2, -0.15) is 5.10 Å². The normalized spacial score (nSPS) is 24.2. The number of likely N-dealkylation sites (tertiary alicyclic amines) is 1. The molecule has 0 aromatic carbocycles. The second kappa shape index (κ2) is 5.89. The third-order valence-electron chi connectivity index (χ3n) is 5.19. The van der Waals surface area contributed by atoms with Crippen molar-refractivity contribution in [3.05, 3.63) is 36.5 Å². The molecule has 0 aliphatic carbocycles. The summed E-state index contributed by atoms with van der Waals surface area (Å²) in [5.74, 6) is 2.21. The lowest BCUT2D eigenvalue weighted by atomic mass is 10.0. The van der Waals surface area contributed by atoms with Crippen molar-refractivity contribution in [2.45, 2.75) is 19.9 Å². The van der Waals surface area contributed by atoms with Gasteiger partial charge in [0, 0.05) is 62.2 Å². The number of nitrogens with zero attached hydrogens (tertiary/aromatic N) is 6. The van der Waals surface area contributed by atoms with Gasteiger partial charge < -0.3 is 9.80 Å². The number of aromatic nitrogens is 4. The molecule has 0 spiro atoms. The standard InChI is InChI=1S/C17H22N6O/c1-12-6-16(19-11-18-12)21-7-14-9-22(10-15(14)8-21)17(24)13(2)23-5-3-4-20-23/h3-6,11,13-15H,7-10H2,1-2H3. The Kier molecular flexibility index (Phi) is 3.70. The number of aryl methyl sites for hydroxylation is 1. The molecule has 0 saturated carbocycles. The fourth-order valence-electron chi connectivity index (χ4n) is 3.86. The molecule has 4 rings (SSSR count). The summed E-state index contributed by atoms with van der Waals surface area (Å²) in [6, 6.07) is 3.65. The molecule has 7 nitrogen and oxygen atoms in total. The Balaban J connectivity index is 1.40. The van der Waals surface area contributed by atoms with Crippen molar-refractivity contribution in [1.82, 2.24) is 24.6 Å². The van der Waals surface area contributed by atoms with E-state index in [4.69, 9.17) is 0 Å². The van der Waals surface area contributed by atoms with Gasteiger partial charge in [-0.1, -0.05) is 0 Å². The van der Waals surface area contributed by atoms with Gasteiger partial charge >= 0.3 is 0 Å². The van der Waals surface area contributed by atoms with Crippen LogP contribution in [0.5, 0.6) is 0 Å². The van der Waals surface area contributed by atoms with Gasteiger partial charge in [-0.05, 0) is 19.9 Å². The number of anilines is 1. The maximum Gasteiger partial charge on any atom is 0.247 e. The largest absolute Gasteiger partial charge is 0.356 e. The van der Waals surface area contributed by atoms with E-state index in [1.807, 2.05) is 37.1 Å². The van der Waals surface area contributed by atoms with Crippen LogP contribution in [0.25, 0.3) is 0 Å². The average molecular weight is 326 g/mol. The highest BCUT2D eigenvalue weighted by molar-refractivity contribution is 5.80. The Morgan fingerprint density at radius 2 is 1.96 bits per heavy atom. The van der Waals surface area contributed by atoms with Crippen LogP contribution in [0.15, 0.2) is 30.9 Å². The molecular weight excluding hydrogens is 304 g/mol. The number of fused-ring (bicyclic) bond motifs is 1. The van der Waals surface area contributed by atoms with Crippen molar-refractivity contribution >= 4 is 11.7 Å². The SMILES string of the molecule is Cc1cc(N2CC3CN(C(=O)C(C)n4cccn4)CC3C2)ncn1. The van der Waals surface area contributed by atoms with Crippen molar-refractivity contribution in [3.63, 3.8) is 0 Å². The van der Waals surface area contributed by atoms with E-state index in [-0.39, 0.29) is 11.9 Å². The molecular formula is C17H22N6O. The molecule has 4 heterocycles. The highest BCUT2D eigenvalue weighted by Gasteiger charge is 2.42. The molecule has 2 aliphatic rings. The third-order valence-corrected chi connectivity index (χ3v) is 5.19. The fraction of sp³-hybridized carbons (Fsp3) is 0.529. The predicted octanol–water partition coefficient (Wildman–Crippen LogP) is 1.14. The predicted molar refractivity (Wildman–Crippen MR) is 89.5 cm³/mol. The Labute approximate surface area is 141 Å². The van der Waals surface area contributed by atoms with Crippen molar-refractivity contribution in [2.75, 3.05) is 31.1 Å². The maximum atomic E-state index is 12.7. The molecule has 7 heteroatoms. The first-order valence-electron chi connectivity index (χ1n) is 8.43. The van der Waals surface area contributed by atoms with Gasteiger partial charge in [-0.25, -0.2) is 9.97 Å². The molecule has 2 fully saturated rings. The van der Waals surface area contributed by atoms with E-state index < -0.39 is 0 Å². The van der Waals surface area contributed by atoms with Gasteiger partial charge in [-0.15, -0.1) is 0 Å². The molecule has 0 bridgehead atoms. The number of carbonyl (C=O) groups excluding carboxylic acids is 1. The zero-order valence-corrected chi connectivity index (χ0v) is 14.0. The van der Waals surface area contributed by atoms with Crippen LogP contribution in [0.1, 0.15) is 18.7 Å². The molecule has 2 aliphatic heterocycles. The molecule has 2 aromatic rings. The van der Waals surface area contributed by atoms with Crippen LogP contribution < -0.4 is 4.90 Å². The zero-order chi connectivity index (χ0) is 16.7. The lowest BCUT2D eigenvalue weighted by Gasteiger charge is -2.24. The summed E-state index contributed by atoms with van der Waals surface area (Å²) in [6.45, 7) is 7.48. The molecule has 1 amide bonds. The zero-order valence-electron chi connectivity index (χ0n) is 14.0. The van der Waals surface area contributed by atoms with Crippen molar-refractivity contribution in [1.29, 1.82) is 0 Å². The first kappa shape index (κ1) is 15.1. The molecule has 24 heavy (non-hydrogen) atoms. The monoisotopic (exact) mass is 326 g/mol. The summed E-state index contributed by atoms with van der Waals surface area (Å²) >= 11 is 0.